The van der Waals surface area contributed by atoms with Gasteiger partial charge in [0.1, 0.15) is 5.82 Å². The van der Waals surface area contributed by atoms with Crippen LogP contribution in [0.1, 0.15) is 37.1 Å². The Balaban J connectivity index is 1.26. The number of carbonyl (C=O) groups is 2. The first-order valence-corrected chi connectivity index (χ1v) is 11.0. The van der Waals surface area contributed by atoms with E-state index in [0.717, 1.165) is 17.5 Å². The van der Waals surface area contributed by atoms with Crippen molar-refractivity contribution in [1.29, 1.82) is 0 Å². The predicted octanol–water partition coefficient (Wildman–Crippen LogP) is 2.85. The van der Waals surface area contributed by atoms with Gasteiger partial charge in [-0.05, 0) is 49.1 Å². The van der Waals surface area contributed by atoms with Crippen LogP contribution >= 0.6 is 11.6 Å². The lowest BCUT2D eigenvalue weighted by Gasteiger charge is -2.29. The van der Waals surface area contributed by atoms with Gasteiger partial charge in [-0.15, -0.1) is 0 Å². The zero-order valence-electron chi connectivity index (χ0n) is 17.6. The van der Waals surface area contributed by atoms with Crippen LogP contribution in [0, 0.1) is 0 Å². The third-order valence-electron chi connectivity index (χ3n) is 5.68. The minimum absolute atomic E-state index is 0.0368. The van der Waals surface area contributed by atoms with E-state index < -0.39 is 5.54 Å². The molecule has 1 aromatic carbocycles. The molecule has 1 aliphatic heterocycles. The van der Waals surface area contributed by atoms with Crippen molar-refractivity contribution in [3.8, 4) is 11.4 Å². The van der Waals surface area contributed by atoms with Crippen molar-refractivity contribution in [3.05, 3.63) is 65.2 Å². The molecule has 1 atom stereocenters. The summed E-state index contributed by atoms with van der Waals surface area (Å²) in [6.07, 6.45) is 6.75. The number of amides is 2. The lowest BCUT2D eigenvalue weighted by molar-refractivity contribution is -0.122. The number of nitrogens with one attached hydrogen (secondary N) is 3. The van der Waals surface area contributed by atoms with E-state index in [1.165, 1.54) is 0 Å². The molecule has 0 radical (unpaired) electrons. The number of aromatic amines is 1. The molecule has 0 unspecified atom stereocenters. The van der Waals surface area contributed by atoms with E-state index in [9.17, 15) is 9.59 Å². The minimum Gasteiger partial charge on any atom is -0.356 e. The van der Waals surface area contributed by atoms with E-state index >= 15 is 0 Å². The minimum atomic E-state index is -0.396. The van der Waals surface area contributed by atoms with Crippen molar-refractivity contribution >= 4 is 23.4 Å². The molecule has 3 N–H and O–H groups in total. The maximum Gasteiger partial charge on any atom is 0.220 e. The average molecular weight is 453 g/mol. The number of aromatic nitrogens is 4. The summed E-state index contributed by atoms with van der Waals surface area (Å²) >= 11 is 5.98. The molecule has 166 valence electrons. The second kappa shape index (κ2) is 9.91. The molecule has 3 aromatic rings. The summed E-state index contributed by atoms with van der Waals surface area (Å²) in [5.74, 6) is 1.31. The third-order valence-corrected chi connectivity index (χ3v) is 5.93. The summed E-state index contributed by atoms with van der Waals surface area (Å²) < 4.78 is 0. The lowest BCUT2D eigenvalue weighted by atomic mass is 9.85. The Hall–Kier alpha value is -3.26. The molecule has 2 amide bonds. The number of nitrogens with zero attached hydrogens (tertiary/aromatic N) is 3. The van der Waals surface area contributed by atoms with Gasteiger partial charge in [-0.2, -0.15) is 5.10 Å². The molecule has 3 heterocycles. The second-order valence-electron chi connectivity index (χ2n) is 8.07. The highest BCUT2D eigenvalue weighted by Crippen LogP contribution is 2.30. The Morgan fingerprint density at radius 2 is 1.94 bits per heavy atom. The summed E-state index contributed by atoms with van der Waals surface area (Å²) in [5.41, 5.74) is 1.58. The Labute approximate surface area is 191 Å². The van der Waals surface area contributed by atoms with Crippen LogP contribution in [0.2, 0.25) is 5.02 Å². The molecular weight excluding hydrogens is 428 g/mol. The monoisotopic (exact) mass is 452 g/mol. The Bertz CT molecular complexity index is 1070. The number of benzene rings is 1. The van der Waals surface area contributed by atoms with E-state index in [0.29, 0.717) is 55.3 Å². The third kappa shape index (κ3) is 5.70. The van der Waals surface area contributed by atoms with Gasteiger partial charge in [-0.3, -0.25) is 19.7 Å². The highest BCUT2D eigenvalue weighted by atomic mass is 35.5. The Morgan fingerprint density at radius 1 is 1.16 bits per heavy atom. The van der Waals surface area contributed by atoms with Crippen LogP contribution in [-0.2, 0) is 22.4 Å². The molecule has 0 saturated carbocycles. The fraction of sp³-hybridized carbons (Fsp3) is 0.348. The molecule has 0 aliphatic carbocycles. The van der Waals surface area contributed by atoms with E-state index in [4.69, 9.17) is 11.6 Å². The maximum atomic E-state index is 12.4. The fourth-order valence-corrected chi connectivity index (χ4v) is 4.10. The molecule has 1 aliphatic rings. The van der Waals surface area contributed by atoms with Crippen molar-refractivity contribution in [3.63, 3.8) is 0 Å². The van der Waals surface area contributed by atoms with Gasteiger partial charge in [0.25, 0.3) is 0 Å². The van der Waals surface area contributed by atoms with Crippen molar-refractivity contribution < 1.29 is 9.59 Å². The Kier molecular flexibility index (Phi) is 6.80. The van der Waals surface area contributed by atoms with Crippen molar-refractivity contribution in [2.75, 3.05) is 6.54 Å². The first-order chi connectivity index (χ1) is 15.5. The SMILES string of the molecule is O=C(CC[C@]1(Cc2ccc(Cl)cc2)CCC(=O)N1)NCCc1nc(-c2ccncc2)n[nH]1. The van der Waals surface area contributed by atoms with Gasteiger partial charge in [0, 0.05) is 54.3 Å². The summed E-state index contributed by atoms with van der Waals surface area (Å²) in [5, 5.41) is 13.8. The van der Waals surface area contributed by atoms with Crippen LogP contribution in [0.15, 0.2) is 48.8 Å². The van der Waals surface area contributed by atoms with Crippen molar-refractivity contribution in [1.82, 2.24) is 30.8 Å². The quantitative estimate of drug-likeness (QED) is 0.462. The topological polar surface area (TPSA) is 113 Å². The first kappa shape index (κ1) is 22.0. The predicted molar refractivity (Wildman–Crippen MR) is 121 cm³/mol. The van der Waals surface area contributed by atoms with Crippen LogP contribution in [0.25, 0.3) is 11.4 Å². The molecule has 9 heteroatoms. The van der Waals surface area contributed by atoms with Crippen LogP contribution in [0.5, 0.6) is 0 Å². The molecule has 2 aromatic heterocycles. The van der Waals surface area contributed by atoms with Crippen molar-refractivity contribution in [2.24, 2.45) is 0 Å². The molecule has 32 heavy (non-hydrogen) atoms. The molecule has 0 bridgehead atoms. The van der Waals surface area contributed by atoms with E-state index in [-0.39, 0.29) is 11.8 Å². The number of halogens is 1. The highest BCUT2D eigenvalue weighted by Gasteiger charge is 2.37. The number of hydrogen-bond donors (Lipinski definition) is 3. The van der Waals surface area contributed by atoms with Gasteiger partial charge < -0.3 is 10.6 Å². The van der Waals surface area contributed by atoms with Gasteiger partial charge in [0.15, 0.2) is 5.82 Å². The van der Waals surface area contributed by atoms with Gasteiger partial charge in [-0.25, -0.2) is 4.98 Å². The van der Waals surface area contributed by atoms with Gasteiger partial charge in [0.05, 0.1) is 0 Å². The van der Waals surface area contributed by atoms with Crippen LogP contribution in [0.4, 0.5) is 0 Å². The lowest BCUT2D eigenvalue weighted by Crippen LogP contribution is -2.44. The number of H-pyrrole nitrogens is 1. The average Bonchev–Trinajstić information content (AvgIpc) is 3.42. The van der Waals surface area contributed by atoms with Gasteiger partial charge in [0.2, 0.25) is 11.8 Å². The number of rotatable bonds is 9. The summed E-state index contributed by atoms with van der Waals surface area (Å²) in [6.45, 7) is 0.459. The molecule has 1 saturated heterocycles. The second-order valence-corrected chi connectivity index (χ2v) is 8.51. The van der Waals surface area contributed by atoms with E-state index in [2.05, 4.69) is 30.8 Å². The van der Waals surface area contributed by atoms with Crippen LogP contribution in [-0.4, -0.2) is 44.1 Å². The van der Waals surface area contributed by atoms with Gasteiger partial charge >= 0.3 is 0 Å². The normalized spacial score (nSPS) is 17.8. The first-order valence-electron chi connectivity index (χ1n) is 10.7. The number of pyridine rings is 1. The molecule has 0 spiro atoms. The van der Waals surface area contributed by atoms with E-state index in [1.807, 2.05) is 36.4 Å². The summed E-state index contributed by atoms with van der Waals surface area (Å²) in [4.78, 5) is 32.8. The number of hydrogen-bond acceptors (Lipinski definition) is 5. The summed E-state index contributed by atoms with van der Waals surface area (Å²) in [7, 11) is 0. The smallest absolute Gasteiger partial charge is 0.220 e. The largest absolute Gasteiger partial charge is 0.356 e. The maximum absolute atomic E-state index is 12.4. The van der Waals surface area contributed by atoms with Gasteiger partial charge in [-0.1, -0.05) is 23.7 Å². The highest BCUT2D eigenvalue weighted by molar-refractivity contribution is 6.30. The zero-order valence-corrected chi connectivity index (χ0v) is 18.4. The standard InChI is InChI=1S/C23H25ClN6O2/c24-18-3-1-16(2-4-18)15-23(11-6-21(32)28-23)10-5-20(31)26-14-9-19-27-22(30-29-19)17-7-12-25-13-8-17/h1-4,7-8,12-13H,5-6,9-11,14-15H2,(H,26,31)(H,28,32)(H,27,29,30)/t23-/m1/s1. The van der Waals surface area contributed by atoms with Crippen LogP contribution < -0.4 is 10.6 Å². The molecule has 1 fully saturated rings. The number of carbonyl (C=O) groups excluding carboxylic acids is 2. The Morgan fingerprint density at radius 3 is 2.66 bits per heavy atom. The molecule has 4 rings (SSSR count). The molecular formula is C23H25ClN6O2. The molecule has 8 nitrogen and oxygen atoms in total. The zero-order chi connectivity index (χ0) is 22.4. The fourth-order valence-electron chi connectivity index (χ4n) is 3.97. The van der Waals surface area contributed by atoms with E-state index in [1.54, 1.807) is 12.4 Å². The van der Waals surface area contributed by atoms with Crippen molar-refractivity contribution in [2.45, 2.75) is 44.1 Å². The summed E-state index contributed by atoms with van der Waals surface area (Å²) in [6, 6.07) is 11.3. The van der Waals surface area contributed by atoms with Crippen LogP contribution in [0.3, 0.4) is 0 Å².